The Morgan fingerprint density at radius 3 is 2.68 bits per heavy atom. The normalized spacial score (nSPS) is 16.2. The zero-order valence-electron chi connectivity index (χ0n) is 15.0. The number of fused-ring (bicyclic) bond motifs is 1. The molecule has 1 saturated heterocycles. The Hall–Kier alpha value is -2.51. The van der Waals surface area contributed by atoms with Gasteiger partial charge in [0.05, 0.1) is 0 Å². The summed E-state index contributed by atoms with van der Waals surface area (Å²) in [5.41, 5.74) is -0.00702. The van der Waals surface area contributed by atoms with E-state index in [-0.39, 0.29) is 23.3 Å². The van der Waals surface area contributed by atoms with Crippen molar-refractivity contribution in [2.45, 2.75) is 45.3 Å². The van der Waals surface area contributed by atoms with Crippen LogP contribution < -0.4 is 10.5 Å². The number of ether oxygens (including phenoxy) is 1. The van der Waals surface area contributed by atoms with Crippen molar-refractivity contribution in [3.63, 3.8) is 0 Å². The number of nitrogens with zero attached hydrogens (tertiary/aromatic N) is 3. The van der Waals surface area contributed by atoms with Crippen molar-refractivity contribution in [1.82, 2.24) is 14.9 Å². The van der Waals surface area contributed by atoms with Gasteiger partial charge in [0.1, 0.15) is 11.1 Å². The lowest BCUT2D eigenvalue weighted by atomic mass is 10.0. The number of likely N-dealkylation sites (tertiary alicyclic amines) is 1. The van der Waals surface area contributed by atoms with Gasteiger partial charge in [0.15, 0.2) is 0 Å². The van der Waals surface area contributed by atoms with Gasteiger partial charge in [0.25, 0.3) is 11.6 Å². The molecule has 3 heterocycles. The first-order valence-electron chi connectivity index (χ1n) is 8.43. The molecule has 2 aromatic rings. The standard InChI is InChI=1S/C17H24N4O4/c1-17(2,3)25-16(23)21-9-6-11(7-10-21)20(4)15-19-12-5-8-18-14(22)13(12)24-15/h5,8,11H,6-7,9-10H2,1-4H3,(H,18,22). The van der Waals surface area contributed by atoms with E-state index in [2.05, 4.69) is 9.97 Å². The number of rotatable bonds is 2. The molecule has 0 radical (unpaired) electrons. The van der Waals surface area contributed by atoms with Crippen molar-refractivity contribution in [3.8, 4) is 0 Å². The van der Waals surface area contributed by atoms with Crippen LogP contribution in [0.2, 0.25) is 0 Å². The molecule has 2 aromatic heterocycles. The second kappa shape index (κ2) is 6.42. The summed E-state index contributed by atoms with van der Waals surface area (Å²) in [5, 5.41) is 0. The number of piperidine rings is 1. The van der Waals surface area contributed by atoms with Crippen LogP contribution in [0.5, 0.6) is 0 Å². The van der Waals surface area contributed by atoms with Crippen molar-refractivity contribution in [2.75, 3.05) is 25.0 Å². The van der Waals surface area contributed by atoms with E-state index in [4.69, 9.17) is 9.15 Å². The van der Waals surface area contributed by atoms with Crippen molar-refractivity contribution in [1.29, 1.82) is 0 Å². The third-order valence-corrected chi connectivity index (χ3v) is 4.27. The highest BCUT2D eigenvalue weighted by atomic mass is 16.6. The van der Waals surface area contributed by atoms with Crippen LogP contribution in [-0.4, -0.2) is 52.7 Å². The average Bonchev–Trinajstić information content (AvgIpc) is 2.98. The van der Waals surface area contributed by atoms with E-state index in [0.717, 1.165) is 12.8 Å². The Kier molecular flexibility index (Phi) is 4.45. The molecular weight excluding hydrogens is 324 g/mol. The molecule has 0 bridgehead atoms. The molecule has 25 heavy (non-hydrogen) atoms. The maximum absolute atomic E-state index is 12.1. The zero-order valence-corrected chi connectivity index (χ0v) is 15.0. The lowest BCUT2D eigenvalue weighted by Crippen LogP contribution is -2.47. The average molecular weight is 348 g/mol. The number of oxazole rings is 1. The van der Waals surface area contributed by atoms with Crippen LogP contribution in [0.15, 0.2) is 21.5 Å². The Bertz CT molecular complexity index is 812. The smallest absolute Gasteiger partial charge is 0.410 e. The van der Waals surface area contributed by atoms with Gasteiger partial charge in [-0.3, -0.25) is 4.79 Å². The van der Waals surface area contributed by atoms with E-state index in [0.29, 0.717) is 24.6 Å². The van der Waals surface area contributed by atoms with E-state index >= 15 is 0 Å². The summed E-state index contributed by atoms with van der Waals surface area (Å²) in [6.45, 7) is 6.82. The lowest BCUT2D eigenvalue weighted by molar-refractivity contribution is 0.0205. The summed E-state index contributed by atoms with van der Waals surface area (Å²) >= 11 is 0. The van der Waals surface area contributed by atoms with Crippen LogP contribution in [0.1, 0.15) is 33.6 Å². The summed E-state index contributed by atoms with van der Waals surface area (Å²) in [4.78, 5) is 34.5. The fourth-order valence-electron chi connectivity index (χ4n) is 2.93. The molecule has 1 N–H and O–H groups in total. The number of pyridine rings is 1. The van der Waals surface area contributed by atoms with E-state index < -0.39 is 5.60 Å². The summed E-state index contributed by atoms with van der Waals surface area (Å²) < 4.78 is 11.0. The molecule has 3 rings (SSSR count). The third kappa shape index (κ3) is 3.78. The molecule has 0 spiro atoms. The predicted molar refractivity (Wildman–Crippen MR) is 93.9 cm³/mol. The monoisotopic (exact) mass is 348 g/mol. The molecular formula is C17H24N4O4. The minimum atomic E-state index is -0.490. The molecule has 1 aliphatic heterocycles. The minimum absolute atomic E-state index is 0.186. The first-order valence-corrected chi connectivity index (χ1v) is 8.43. The largest absolute Gasteiger partial charge is 0.444 e. The second-order valence-electron chi connectivity index (χ2n) is 7.33. The van der Waals surface area contributed by atoms with Crippen molar-refractivity contribution < 1.29 is 13.9 Å². The van der Waals surface area contributed by atoms with Gasteiger partial charge in [-0.15, -0.1) is 0 Å². The number of amides is 1. The highest BCUT2D eigenvalue weighted by Crippen LogP contribution is 2.24. The predicted octanol–water partition coefficient (Wildman–Crippen LogP) is 2.35. The van der Waals surface area contributed by atoms with Crippen LogP contribution in [-0.2, 0) is 4.74 Å². The third-order valence-electron chi connectivity index (χ3n) is 4.27. The zero-order chi connectivity index (χ0) is 18.2. The molecule has 0 aromatic carbocycles. The van der Waals surface area contributed by atoms with E-state index in [1.54, 1.807) is 17.2 Å². The van der Waals surface area contributed by atoms with Gasteiger partial charge >= 0.3 is 6.09 Å². The molecule has 0 aliphatic carbocycles. The first-order chi connectivity index (χ1) is 11.7. The summed E-state index contributed by atoms with van der Waals surface area (Å²) in [6, 6.07) is 2.32. The molecule has 1 amide bonds. The van der Waals surface area contributed by atoms with Gasteiger partial charge in [-0.05, 0) is 39.7 Å². The number of aromatic amines is 1. The molecule has 8 nitrogen and oxygen atoms in total. The number of hydrogen-bond acceptors (Lipinski definition) is 6. The van der Waals surface area contributed by atoms with Gasteiger partial charge in [-0.1, -0.05) is 0 Å². The van der Waals surface area contributed by atoms with Crippen LogP contribution in [0.4, 0.5) is 10.8 Å². The number of carbonyl (C=O) groups excluding carboxylic acids is 1. The van der Waals surface area contributed by atoms with Gasteiger partial charge in [0.2, 0.25) is 5.58 Å². The SMILES string of the molecule is CN(c1nc2cc[nH]c(=O)c2o1)C1CCN(C(=O)OC(C)(C)C)CC1. The highest BCUT2D eigenvalue weighted by molar-refractivity contribution is 5.73. The molecule has 0 atom stereocenters. The number of hydrogen-bond donors (Lipinski definition) is 1. The Labute approximate surface area is 145 Å². The molecule has 1 fully saturated rings. The summed E-state index contributed by atoms with van der Waals surface area (Å²) in [7, 11) is 1.90. The first kappa shape index (κ1) is 17.3. The maximum atomic E-state index is 12.1. The molecule has 0 unspecified atom stereocenters. The number of anilines is 1. The van der Waals surface area contributed by atoms with Gasteiger partial charge in [-0.25, -0.2) is 4.79 Å². The Morgan fingerprint density at radius 2 is 2.08 bits per heavy atom. The quantitative estimate of drug-likeness (QED) is 0.896. The number of carbonyl (C=O) groups is 1. The fraction of sp³-hybridized carbons (Fsp3) is 0.588. The summed E-state index contributed by atoms with van der Waals surface area (Å²) in [5.74, 6) is 0. The van der Waals surface area contributed by atoms with Gasteiger partial charge in [-0.2, -0.15) is 4.98 Å². The van der Waals surface area contributed by atoms with Crippen molar-refractivity contribution >= 4 is 23.2 Å². The van der Waals surface area contributed by atoms with E-state index in [1.165, 1.54) is 0 Å². The second-order valence-corrected chi connectivity index (χ2v) is 7.33. The summed E-state index contributed by atoms with van der Waals surface area (Å²) in [6.07, 6.45) is 2.84. The number of H-pyrrole nitrogens is 1. The van der Waals surface area contributed by atoms with Gasteiger partial charge < -0.3 is 23.9 Å². The van der Waals surface area contributed by atoms with E-state index in [1.807, 2.05) is 32.7 Å². The molecule has 0 saturated carbocycles. The molecule has 136 valence electrons. The van der Waals surface area contributed by atoms with Crippen LogP contribution in [0, 0.1) is 0 Å². The van der Waals surface area contributed by atoms with Gasteiger partial charge in [0, 0.05) is 32.4 Å². The highest BCUT2D eigenvalue weighted by Gasteiger charge is 2.30. The lowest BCUT2D eigenvalue weighted by Gasteiger charge is -2.36. The Balaban J connectivity index is 1.65. The fourth-order valence-corrected chi connectivity index (χ4v) is 2.93. The molecule has 8 heteroatoms. The van der Waals surface area contributed by atoms with Crippen molar-refractivity contribution in [3.05, 3.63) is 22.6 Å². The maximum Gasteiger partial charge on any atom is 0.410 e. The van der Waals surface area contributed by atoms with Crippen LogP contribution in [0.25, 0.3) is 11.1 Å². The number of nitrogens with one attached hydrogen (secondary N) is 1. The minimum Gasteiger partial charge on any atom is -0.444 e. The molecule has 1 aliphatic rings. The van der Waals surface area contributed by atoms with E-state index in [9.17, 15) is 9.59 Å². The Morgan fingerprint density at radius 1 is 1.40 bits per heavy atom. The topological polar surface area (TPSA) is 91.7 Å². The van der Waals surface area contributed by atoms with Crippen LogP contribution >= 0.6 is 0 Å². The number of aromatic nitrogens is 2. The van der Waals surface area contributed by atoms with Crippen molar-refractivity contribution in [2.24, 2.45) is 0 Å². The van der Waals surface area contributed by atoms with Crippen LogP contribution in [0.3, 0.4) is 0 Å².